The summed E-state index contributed by atoms with van der Waals surface area (Å²) in [5, 5.41) is 9.92. The van der Waals surface area contributed by atoms with Crippen LogP contribution in [0.2, 0.25) is 0 Å². The average molecular weight is 196 g/mol. The quantitative estimate of drug-likeness (QED) is 0.800. The molecule has 0 radical (unpaired) electrons. The van der Waals surface area contributed by atoms with Crippen LogP contribution in [0.3, 0.4) is 0 Å². The summed E-state index contributed by atoms with van der Waals surface area (Å²) in [6.45, 7) is 0.343. The number of halogens is 1. The van der Waals surface area contributed by atoms with E-state index in [1.54, 1.807) is 13.2 Å². The monoisotopic (exact) mass is 196 g/mol. The molecule has 2 rings (SSSR count). The van der Waals surface area contributed by atoms with E-state index in [1.165, 1.54) is 12.1 Å². The fraction of sp³-hybridized carbons (Fsp3) is 0.455. The minimum atomic E-state index is -0.721. The van der Waals surface area contributed by atoms with Crippen molar-refractivity contribution in [3.05, 3.63) is 35.1 Å². The van der Waals surface area contributed by atoms with Crippen molar-refractivity contribution in [1.82, 2.24) is 0 Å². The molecule has 0 unspecified atom stereocenters. The van der Waals surface area contributed by atoms with Crippen LogP contribution < -0.4 is 0 Å². The summed E-state index contributed by atoms with van der Waals surface area (Å²) in [6.07, 6.45) is 1.52. The number of hydrogen-bond acceptors (Lipinski definition) is 2. The number of benzene rings is 1. The summed E-state index contributed by atoms with van der Waals surface area (Å²) < 4.78 is 17.9. The molecule has 0 aromatic heterocycles. The summed E-state index contributed by atoms with van der Waals surface area (Å²) in [7, 11) is 1.56. The molecule has 1 aliphatic carbocycles. The first kappa shape index (κ1) is 9.62. The molecule has 0 heterocycles. The van der Waals surface area contributed by atoms with Crippen LogP contribution in [0.25, 0.3) is 0 Å². The van der Waals surface area contributed by atoms with E-state index in [2.05, 4.69) is 0 Å². The van der Waals surface area contributed by atoms with Crippen LogP contribution in [-0.2, 0) is 16.9 Å². The molecule has 0 aliphatic heterocycles. The topological polar surface area (TPSA) is 29.5 Å². The Kier molecular flexibility index (Phi) is 2.29. The van der Waals surface area contributed by atoms with Crippen molar-refractivity contribution in [2.45, 2.75) is 25.0 Å². The number of ether oxygens (including phenoxy) is 1. The Balaban J connectivity index is 2.37. The number of hydrogen-bond donors (Lipinski definition) is 1. The van der Waals surface area contributed by atoms with E-state index in [0.29, 0.717) is 6.61 Å². The van der Waals surface area contributed by atoms with Gasteiger partial charge >= 0.3 is 0 Å². The lowest BCUT2D eigenvalue weighted by atomic mass is 10.0. The SMILES string of the molecule is COCc1cc(F)ccc1C1(O)CC1. The van der Waals surface area contributed by atoms with E-state index in [-0.39, 0.29) is 5.82 Å². The summed E-state index contributed by atoms with van der Waals surface area (Å²) >= 11 is 0. The van der Waals surface area contributed by atoms with Gasteiger partial charge in [-0.15, -0.1) is 0 Å². The zero-order valence-electron chi connectivity index (χ0n) is 8.09. The molecule has 76 valence electrons. The molecule has 0 spiro atoms. The molecule has 1 aliphatic rings. The van der Waals surface area contributed by atoms with Gasteiger partial charge in [0.05, 0.1) is 12.2 Å². The van der Waals surface area contributed by atoms with Crippen LogP contribution >= 0.6 is 0 Å². The summed E-state index contributed by atoms with van der Waals surface area (Å²) in [4.78, 5) is 0. The maximum absolute atomic E-state index is 12.9. The third-order valence-corrected chi connectivity index (χ3v) is 2.59. The number of rotatable bonds is 3. The molecule has 14 heavy (non-hydrogen) atoms. The van der Waals surface area contributed by atoms with Crippen molar-refractivity contribution in [3.63, 3.8) is 0 Å². The molecule has 1 aromatic carbocycles. The Bertz CT molecular complexity index is 345. The van der Waals surface area contributed by atoms with Gasteiger partial charge in [0.2, 0.25) is 0 Å². The minimum absolute atomic E-state index is 0.287. The first-order valence-corrected chi connectivity index (χ1v) is 4.66. The number of methoxy groups -OCH3 is 1. The maximum atomic E-state index is 12.9. The lowest BCUT2D eigenvalue weighted by molar-refractivity contribution is 0.141. The Morgan fingerprint density at radius 2 is 2.21 bits per heavy atom. The standard InChI is InChI=1S/C11H13FO2/c1-14-7-8-6-9(12)2-3-10(8)11(13)4-5-11/h2-3,6,13H,4-5,7H2,1H3. The van der Waals surface area contributed by atoms with E-state index in [9.17, 15) is 9.50 Å². The molecule has 1 fully saturated rings. The molecule has 1 N–H and O–H groups in total. The van der Waals surface area contributed by atoms with E-state index in [0.717, 1.165) is 24.0 Å². The molecule has 1 saturated carbocycles. The highest BCUT2D eigenvalue weighted by Gasteiger charge is 2.43. The van der Waals surface area contributed by atoms with Crippen molar-refractivity contribution in [2.24, 2.45) is 0 Å². The largest absolute Gasteiger partial charge is 0.385 e. The van der Waals surface area contributed by atoms with Crippen LogP contribution in [0.4, 0.5) is 4.39 Å². The first-order chi connectivity index (χ1) is 6.65. The number of aliphatic hydroxyl groups is 1. The zero-order valence-corrected chi connectivity index (χ0v) is 8.09. The normalized spacial score (nSPS) is 18.2. The van der Waals surface area contributed by atoms with Crippen LogP contribution in [0.15, 0.2) is 18.2 Å². The van der Waals surface area contributed by atoms with Gasteiger partial charge < -0.3 is 9.84 Å². The van der Waals surface area contributed by atoms with E-state index < -0.39 is 5.60 Å². The zero-order chi connectivity index (χ0) is 10.2. The minimum Gasteiger partial charge on any atom is -0.385 e. The summed E-state index contributed by atoms with van der Waals surface area (Å²) in [5.74, 6) is -0.287. The van der Waals surface area contributed by atoms with Gasteiger partial charge in [0.15, 0.2) is 0 Å². The fourth-order valence-electron chi connectivity index (χ4n) is 1.68. The van der Waals surface area contributed by atoms with Crippen molar-refractivity contribution in [3.8, 4) is 0 Å². The highest BCUT2D eigenvalue weighted by atomic mass is 19.1. The van der Waals surface area contributed by atoms with Crippen molar-refractivity contribution < 1.29 is 14.2 Å². The van der Waals surface area contributed by atoms with Crippen LogP contribution in [-0.4, -0.2) is 12.2 Å². The highest BCUT2D eigenvalue weighted by molar-refractivity contribution is 5.35. The summed E-state index contributed by atoms with van der Waals surface area (Å²) in [6, 6.07) is 4.45. The van der Waals surface area contributed by atoms with Gasteiger partial charge in [-0.25, -0.2) is 4.39 Å². The van der Waals surface area contributed by atoms with E-state index >= 15 is 0 Å². The molecule has 0 bridgehead atoms. The van der Waals surface area contributed by atoms with Crippen LogP contribution in [0, 0.1) is 5.82 Å². The second-order valence-electron chi connectivity index (χ2n) is 3.77. The van der Waals surface area contributed by atoms with Gasteiger partial charge in [0.1, 0.15) is 5.82 Å². The van der Waals surface area contributed by atoms with Gasteiger partial charge in [-0.1, -0.05) is 6.07 Å². The molecule has 0 amide bonds. The molecule has 0 saturated heterocycles. The highest BCUT2D eigenvalue weighted by Crippen LogP contribution is 2.46. The van der Waals surface area contributed by atoms with Crippen molar-refractivity contribution >= 4 is 0 Å². The van der Waals surface area contributed by atoms with E-state index in [4.69, 9.17) is 4.74 Å². The average Bonchev–Trinajstić information content (AvgIpc) is 2.85. The maximum Gasteiger partial charge on any atom is 0.123 e. The molecular formula is C11H13FO2. The first-order valence-electron chi connectivity index (χ1n) is 4.66. The fourth-order valence-corrected chi connectivity index (χ4v) is 1.68. The van der Waals surface area contributed by atoms with Gasteiger partial charge in [0, 0.05) is 7.11 Å². The third kappa shape index (κ3) is 1.65. The Morgan fingerprint density at radius 3 is 2.79 bits per heavy atom. The second-order valence-corrected chi connectivity index (χ2v) is 3.77. The van der Waals surface area contributed by atoms with Gasteiger partial charge in [-0.2, -0.15) is 0 Å². The van der Waals surface area contributed by atoms with Crippen LogP contribution in [0.5, 0.6) is 0 Å². The van der Waals surface area contributed by atoms with Crippen molar-refractivity contribution in [1.29, 1.82) is 0 Å². The Morgan fingerprint density at radius 1 is 1.50 bits per heavy atom. The van der Waals surface area contributed by atoms with E-state index in [1.807, 2.05) is 0 Å². The lowest BCUT2D eigenvalue weighted by Gasteiger charge is -2.13. The lowest BCUT2D eigenvalue weighted by Crippen LogP contribution is -2.09. The molecule has 0 atom stereocenters. The third-order valence-electron chi connectivity index (χ3n) is 2.59. The Labute approximate surface area is 82.3 Å². The molecular weight excluding hydrogens is 183 g/mol. The van der Waals surface area contributed by atoms with Crippen LogP contribution in [0.1, 0.15) is 24.0 Å². The van der Waals surface area contributed by atoms with Gasteiger partial charge in [0.25, 0.3) is 0 Å². The molecule has 2 nitrogen and oxygen atoms in total. The van der Waals surface area contributed by atoms with Crippen molar-refractivity contribution in [2.75, 3.05) is 7.11 Å². The molecule has 3 heteroatoms. The smallest absolute Gasteiger partial charge is 0.123 e. The predicted octanol–water partition coefficient (Wildman–Crippen LogP) is 1.95. The predicted molar refractivity (Wildman–Crippen MR) is 50.2 cm³/mol. The second kappa shape index (κ2) is 3.33. The summed E-state index contributed by atoms with van der Waals surface area (Å²) in [5.41, 5.74) is 0.829. The molecule has 1 aromatic rings. The van der Waals surface area contributed by atoms with Gasteiger partial charge in [-0.3, -0.25) is 0 Å². The Hall–Kier alpha value is -0.930. The van der Waals surface area contributed by atoms with Gasteiger partial charge in [-0.05, 0) is 36.1 Å².